The van der Waals surface area contributed by atoms with Gasteiger partial charge in [0.1, 0.15) is 17.4 Å². The van der Waals surface area contributed by atoms with Gasteiger partial charge in [-0.15, -0.1) is 5.10 Å². The van der Waals surface area contributed by atoms with Crippen LogP contribution in [-0.2, 0) is 9.53 Å². The van der Waals surface area contributed by atoms with E-state index < -0.39 is 12.0 Å². The second kappa shape index (κ2) is 4.14. The van der Waals surface area contributed by atoms with E-state index in [9.17, 15) is 4.79 Å². The van der Waals surface area contributed by atoms with E-state index in [2.05, 4.69) is 27.0 Å². The van der Waals surface area contributed by atoms with Crippen molar-refractivity contribution in [2.45, 2.75) is 13.0 Å². The molecule has 0 aromatic carbocycles. The van der Waals surface area contributed by atoms with Crippen LogP contribution < -0.4 is 5.73 Å². The number of rotatable bonds is 3. The molecule has 0 aliphatic carbocycles. The Balaban J connectivity index is 2.86. The molecule has 1 unspecified atom stereocenters. The van der Waals surface area contributed by atoms with Crippen LogP contribution in [0.5, 0.6) is 0 Å². The smallest absolute Gasteiger partial charge is 0.330 e. The first kappa shape index (κ1) is 10.6. The number of carbonyl (C=O) groups is 1. The summed E-state index contributed by atoms with van der Waals surface area (Å²) in [5.41, 5.74) is 5.31. The van der Waals surface area contributed by atoms with Gasteiger partial charge in [-0.3, -0.25) is 0 Å². The van der Waals surface area contributed by atoms with E-state index in [-0.39, 0.29) is 10.8 Å². The zero-order valence-electron chi connectivity index (χ0n) is 7.80. The number of hydrogen-bond acceptors (Lipinski definition) is 5. The van der Waals surface area contributed by atoms with Crippen molar-refractivity contribution >= 4 is 23.2 Å². The van der Waals surface area contributed by atoms with E-state index in [0.29, 0.717) is 0 Å². The van der Waals surface area contributed by atoms with Crippen LogP contribution in [0.1, 0.15) is 18.8 Å². The summed E-state index contributed by atoms with van der Waals surface area (Å²) in [7, 11) is 1.31. The number of carbonyl (C=O) groups excluding carboxylic acids is 1. The fourth-order valence-corrected chi connectivity index (χ4v) is 0.946. The van der Waals surface area contributed by atoms with Crippen LogP contribution in [0.2, 0.25) is 0 Å². The Morgan fingerprint density at radius 3 is 2.86 bits per heavy atom. The highest BCUT2D eigenvalue weighted by molar-refractivity contribution is 7.80. The molecule has 76 valence electrons. The summed E-state index contributed by atoms with van der Waals surface area (Å²) in [6, 6.07) is -0.532. The van der Waals surface area contributed by atoms with E-state index in [1.165, 1.54) is 18.1 Å². The first-order valence-electron chi connectivity index (χ1n) is 3.85. The van der Waals surface area contributed by atoms with Crippen molar-refractivity contribution in [3.63, 3.8) is 0 Å². The highest BCUT2D eigenvalue weighted by atomic mass is 32.1. The number of aromatic nitrogens is 3. The normalized spacial score (nSPS) is 12.1. The molecule has 0 fully saturated rings. The van der Waals surface area contributed by atoms with Crippen LogP contribution in [0.15, 0.2) is 6.33 Å². The summed E-state index contributed by atoms with van der Waals surface area (Å²) in [4.78, 5) is 15.0. The Hall–Kier alpha value is -1.50. The van der Waals surface area contributed by atoms with Gasteiger partial charge < -0.3 is 10.5 Å². The third-order valence-corrected chi connectivity index (χ3v) is 1.85. The Morgan fingerprint density at radius 1 is 1.79 bits per heavy atom. The minimum atomic E-state index is -0.532. The highest BCUT2D eigenvalue weighted by Crippen LogP contribution is 2.05. The van der Waals surface area contributed by atoms with Gasteiger partial charge in [-0.1, -0.05) is 12.2 Å². The zero-order chi connectivity index (χ0) is 10.7. The van der Waals surface area contributed by atoms with Crippen LogP contribution in [0.4, 0.5) is 0 Å². The first-order chi connectivity index (χ1) is 6.56. The SMILES string of the molecule is COC(=O)C(C)n1cnc(C(N)=S)n1. The molecule has 1 atom stereocenters. The largest absolute Gasteiger partial charge is 0.467 e. The second-order valence-corrected chi connectivity index (χ2v) is 3.05. The lowest BCUT2D eigenvalue weighted by Gasteiger charge is -2.07. The molecular weight excluding hydrogens is 204 g/mol. The zero-order valence-corrected chi connectivity index (χ0v) is 8.61. The van der Waals surface area contributed by atoms with Gasteiger partial charge >= 0.3 is 5.97 Å². The average Bonchev–Trinajstić information content (AvgIpc) is 2.64. The summed E-state index contributed by atoms with van der Waals surface area (Å²) < 4.78 is 5.89. The van der Waals surface area contributed by atoms with Crippen molar-refractivity contribution in [3.05, 3.63) is 12.2 Å². The number of thiocarbonyl (C=S) groups is 1. The maximum absolute atomic E-state index is 11.1. The maximum atomic E-state index is 11.1. The van der Waals surface area contributed by atoms with Crippen molar-refractivity contribution in [1.29, 1.82) is 0 Å². The molecular formula is C7H10N4O2S. The molecule has 6 nitrogen and oxygen atoms in total. The summed E-state index contributed by atoms with van der Waals surface area (Å²) in [5.74, 6) is -0.153. The molecule has 0 saturated carbocycles. The van der Waals surface area contributed by atoms with Crippen molar-refractivity contribution < 1.29 is 9.53 Å². The standard InChI is InChI=1S/C7H10N4O2S/c1-4(7(12)13-2)11-3-9-6(10-11)5(8)14/h3-4H,1-2H3,(H2,8,14). The minimum absolute atomic E-state index is 0.0980. The molecule has 0 amide bonds. The first-order valence-corrected chi connectivity index (χ1v) is 4.26. The number of nitrogens with zero attached hydrogens (tertiary/aromatic N) is 3. The molecule has 0 aliphatic rings. The summed E-state index contributed by atoms with van der Waals surface area (Å²) in [5, 5.41) is 3.92. The second-order valence-electron chi connectivity index (χ2n) is 2.61. The van der Waals surface area contributed by atoms with Crippen LogP contribution in [-0.4, -0.2) is 32.8 Å². The fourth-order valence-electron chi connectivity index (χ4n) is 0.853. The van der Waals surface area contributed by atoms with Gasteiger partial charge in [-0.25, -0.2) is 14.5 Å². The van der Waals surface area contributed by atoms with Gasteiger partial charge in [-0.2, -0.15) is 0 Å². The molecule has 0 bridgehead atoms. The summed E-state index contributed by atoms with van der Waals surface area (Å²) >= 11 is 4.68. The lowest BCUT2D eigenvalue weighted by Crippen LogP contribution is -2.19. The van der Waals surface area contributed by atoms with Crippen LogP contribution in [0.25, 0.3) is 0 Å². The van der Waals surface area contributed by atoms with Crippen LogP contribution in [0, 0.1) is 0 Å². The van der Waals surface area contributed by atoms with Gasteiger partial charge in [0.2, 0.25) is 5.82 Å². The Morgan fingerprint density at radius 2 is 2.43 bits per heavy atom. The number of hydrogen-bond donors (Lipinski definition) is 1. The van der Waals surface area contributed by atoms with Gasteiger partial charge in [0, 0.05) is 0 Å². The Bertz CT molecular complexity index is 362. The molecule has 14 heavy (non-hydrogen) atoms. The summed E-state index contributed by atoms with van der Waals surface area (Å²) in [6.07, 6.45) is 1.38. The van der Waals surface area contributed by atoms with Gasteiger partial charge in [0.25, 0.3) is 0 Å². The predicted molar refractivity (Wildman–Crippen MR) is 52.6 cm³/mol. The van der Waals surface area contributed by atoms with Crippen molar-refractivity contribution in [2.24, 2.45) is 5.73 Å². The van der Waals surface area contributed by atoms with E-state index >= 15 is 0 Å². The molecule has 1 heterocycles. The van der Waals surface area contributed by atoms with E-state index in [1.807, 2.05) is 0 Å². The van der Waals surface area contributed by atoms with Crippen molar-refractivity contribution in [1.82, 2.24) is 14.8 Å². The van der Waals surface area contributed by atoms with Crippen molar-refractivity contribution in [2.75, 3.05) is 7.11 Å². The molecule has 0 spiro atoms. The quantitative estimate of drug-likeness (QED) is 0.547. The van der Waals surface area contributed by atoms with Gasteiger partial charge in [0.15, 0.2) is 0 Å². The lowest BCUT2D eigenvalue weighted by molar-refractivity contribution is -0.144. The molecule has 0 radical (unpaired) electrons. The average molecular weight is 214 g/mol. The topological polar surface area (TPSA) is 83.0 Å². The number of ether oxygens (including phenoxy) is 1. The maximum Gasteiger partial charge on any atom is 0.330 e. The molecule has 1 rings (SSSR count). The van der Waals surface area contributed by atoms with E-state index in [1.54, 1.807) is 6.92 Å². The number of methoxy groups -OCH3 is 1. The number of nitrogens with two attached hydrogens (primary N) is 1. The van der Waals surface area contributed by atoms with Crippen LogP contribution >= 0.6 is 12.2 Å². The van der Waals surface area contributed by atoms with Crippen molar-refractivity contribution in [3.8, 4) is 0 Å². The van der Waals surface area contributed by atoms with Gasteiger partial charge in [-0.05, 0) is 6.92 Å². The van der Waals surface area contributed by atoms with Crippen LogP contribution in [0.3, 0.4) is 0 Å². The number of esters is 1. The Kier molecular flexibility index (Phi) is 3.13. The third-order valence-electron chi connectivity index (χ3n) is 1.67. The minimum Gasteiger partial charge on any atom is -0.467 e. The third kappa shape index (κ3) is 2.05. The lowest BCUT2D eigenvalue weighted by atomic mass is 10.4. The molecule has 0 aliphatic heterocycles. The van der Waals surface area contributed by atoms with E-state index in [4.69, 9.17) is 5.73 Å². The molecule has 1 aromatic rings. The summed E-state index contributed by atoms with van der Waals surface area (Å²) in [6.45, 7) is 1.64. The Labute approximate surface area is 86.1 Å². The molecule has 7 heteroatoms. The molecule has 1 aromatic heterocycles. The predicted octanol–water partition coefficient (Wildman–Crippen LogP) is -0.354. The highest BCUT2D eigenvalue weighted by Gasteiger charge is 2.17. The molecule has 0 saturated heterocycles. The van der Waals surface area contributed by atoms with E-state index in [0.717, 1.165) is 0 Å². The molecule has 2 N–H and O–H groups in total. The monoisotopic (exact) mass is 214 g/mol. The fraction of sp³-hybridized carbons (Fsp3) is 0.429. The van der Waals surface area contributed by atoms with Gasteiger partial charge in [0.05, 0.1) is 7.11 Å².